The average molecular weight is 520 g/mol. The van der Waals surface area contributed by atoms with E-state index in [-0.39, 0.29) is 5.28 Å². The summed E-state index contributed by atoms with van der Waals surface area (Å²) in [5.74, 6) is 1.10. The molecule has 0 aliphatic carbocycles. The number of fused-ring (bicyclic) bond motifs is 2. The summed E-state index contributed by atoms with van der Waals surface area (Å²) in [6.45, 7) is 0. The molecule has 1 heterocycles. The Bertz CT molecular complexity index is 1960. The van der Waals surface area contributed by atoms with Crippen molar-refractivity contribution in [3.8, 4) is 45.0 Å². The van der Waals surface area contributed by atoms with Crippen LogP contribution in [0.1, 0.15) is 0 Å². The number of hydrogen-bond acceptors (Lipinski definition) is 3. The molecular weight excluding hydrogens is 498 g/mol. The maximum atomic E-state index is 6.46. The fourth-order valence-corrected chi connectivity index (χ4v) is 5.41. The first-order chi connectivity index (χ1) is 19.2. The van der Waals surface area contributed by atoms with Gasteiger partial charge >= 0.3 is 0 Å². The van der Waals surface area contributed by atoms with Gasteiger partial charge in [-0.2, -0.15) is 9.97 Å². The second kappa shape index (κ2) is 9.79. The van der Waals surface area contributed by atoms with E-state index in [1.807, 2.05) is 30.3 Å². The summed E-state index contributed by atoms with van der Waals surface area (Å²) in [6, 6.07) is 46.1. The van der Waals surface area contributed by atoms with Crippen molar-refractivity contribution >= 4 is 33.1 Å². The summed E-state index contributed by atoms with van der Waals surface area (Å²) in [7, 11) is 0. The van der Waals surface area contributed by atoms with Crippen LogP contribution in [0.25, 0.3) is 66.6 Å². The first kappa shape index (κ1) is 23.3. The fourth-order valence-electron chi connectivity index (χ4n) is 5.25. The monoisotopic (exact) mass is 519 g/mol. The van der Waals surface area contributed by atoms with Crippen LogP contribution in [0.2, 0.25) is 5.28 Å². The Morgan fingerprint density at radius 2 is 0.872 bits per heavy atom. The molecule has 184 valence electrons. The molecule has 7 rings (SSSR count). The minimum atomic E-state index is 0.171. The standard InChI is InChI=1S/C35H22ClN3/c36-35-38-33(26-21-19-25(20-22-26)28-14-6-12-24-11-4-5-13-27(24)28)37-34(39-35)32-18-8-16-30-29(15-7-17-31(30)32)23-9-2-1-3-10-23/h1-22H. The summed E-state index contributed by atoms with van der Waals surface area (Å²) in [5.41, 5.74) is 6.47. The molecule has 0 bridgehead atoms. The summed E-state index contributed by atoms with van der Waals surface area (Å²) in [4.78, 5) is 13.9. The quantitative estimate of drug-likeness (QED) is 0.232. The molecule has 3 nitrogen and oxygen atoms in total. The van der Waals surface area contributed by atoms with Crippen LogP contribution in [-0.4, -0.2) is 15.0 Å². The zero-order valence-corrected chi connectivity index (χ0v) is 21.7. The van der Waals surface area contributed by atoms with Crippen molar-refractivity contribution < 1.29 is 0 Å². The summed E-state index contributed by atoms with van der Waals surface area (Å²) < 4.78 is 0. The van der Waals surface area contributed by atoms with E-state index in [9.17, 15) is 0 Å². The van der Waals surface area contributed by atoms with Crippen molar-refractivity contribution in [1.82, 2.24) is 15.0 Å². The normalized spacial score (nSPS) is 11.2. The molecule has 1 aromatic heterocycles. The van der Waals surface area contributed by atoms with Gasteiger partial charge in [0.05, 0.1) is 0 Å². The largest absolute Gasteiger partial charge is 0.226 e. The molecule has 0 aliphatic heterocycles. The van der Waals surface area contributed by atoms with Crippen LogP contribution in [0.5, 0.6) is 0 Å². The van der Waals surface area contributed by atoms with Crippen molar-refractivity contribution in [1.29, 1.82) is 0 Å². The van der Waals surface area contributed by atoms with E-state index in [0.717, 1.165) is 27.5 Å². The Balaban J connectivity index is 1.30. The molecule has 0 saturated carbocycles. The van der Waals surface area contributed by atoms with Crippen molar-refractivity contribution in [2.75, 3.05) is 0 Å². The minimum absolute atomic E-state index is 0.171. The van der Waals surface area contributed by atoms with Crippen LogP contribution in [0, 0.1) is 0 Å². The van der Waals surface area contributed by atoms with Gasteiger partial charge in [-0.15, -0.1) is 0 Å². The molecule has 0 N–H and O–H groups in total. The number of hydrogen-bond donors (Lipinski definition) is 0. The zero-order chi connectivity index (χ0) is 26.2. The molecule has 4 heteroatoms. The van der Waals surface area contributed by atoms with Crippen molar-refractivity contribution in [2.24, 2.45) is 0 Å². The van der Waals surface area contributed by atoms with E-state index >= 15 is 0 Å². The molecule has 0 unspecified atom stereocenters. The molecule has 7 aromatic rings. The smallest absolute Gasteiger partial charge is 0.208 e. The predicted octanol–water partition coefficient (Wildman–Crippen LogP) is 9.50. The number of benzene rings is 6. The van der Waals surface area contributed by atoms with E-state index in [1.165, 1.54) is 27.5 Å². The van der Waals surface area contributed by atoms with Crippen LogP contribution in [0.3, 0.4) is 0 Å². The molecule has 6 aromatic carbocycles. The van der Waals surface area contributed by atoms with Crippen LogP contribution in [-0.2, 0) is 0 Å². The lowest BCUT2D eigenvalue weighted by atomic mass is 9.95. The lowest BCUT2D eigenvalue weighted by Gasteiger charge is -2.11. The van der Waals surface area contributed by atoms with Crippen LogP contribution in [0.15, 0.2) is 133 Å². The molecule has 0 saturated heterocycles. The lowest BCUT2D eigenvalue weighted by molar-refractivity contribution is 1.07. The highest BCUT2D eigenvalue weighted by Crippen LogP contribution is 2.35. The van der Waals surface area contributed by atoms with E-state index < -0.39 is 0 Å². The molecule has 39 heavy (non-hydrogen) atoms. The number of rotatable bonds is 4. The molecule has 0 radical (unpaired) electrons. The zero-order valence-electron chi connectivity index (χ0n) is 20.9. The van der Waals surface area contributed by atoms with Gasteiger partial charge in [-0.25, -0.2) is 4.98 Å². The summed E-state index contributed by atoms with van der Waals surface area (Å²) in [6.07, 6.45) is 0. The highest BCUT2D eigenvalue weighted by Gasteiger charge is 2.14. The van der Waals surface area contributed by atoms with Crippen LogP contribution >= 0.6 is 11.6 Å². The molecule has 0 amide bonds. The van der Waals surface area contributed by atoms with E-state index in [2.05, 4.69) is 113 Å². The first-order valence-corrected chi connectivity index (χ1v) is 13.2. The summed E-state index contributed by atoms with van der Waals surface area (Å²) >= 11 is 6.46. The van der Waals surface area contributed by atoms with E-state index in [4.69, 9.17) is 16.6 Å². The number of nitrogens with zero attached hydrogens (tertiary/aromatic N) is 3. The summed E-state index contributed by atoms with van der Waals surface area (Å²) in [5, 5.41) is 4.82. The Hall–Kier alpha value is -4.86. The van der Waals surface area contributed by atoms with Gasteiger partial charge in [0.2, 0.25) is 5.28 Å². The second-order valence-corrected chi connectivity index (χ2v) is 9.77. The SMILES string of the molecule is Clc1nc(-c2ccc(-c3cccc4ccccc34)cc2)nc(-c2cccc3c(-c4ccccc4)cccc23)n1. The maximum absolute atomic E-state index is 6.46. The average Bonchev–Trinajstić information content (AvgIpc) is 3.00. The Morgan fingerprint density at radius 1 is 0.359 bits per heavy atom. The number of halogens is 1. The Labute approximate surface area is 231 Å². The van der Waals surface area contributed by atoms with Crippen molar-refractivity contribution in [3.63, 3.8) is 0 Å². The van der Waals surface area contributed by atoms with Crippen molar-refractivity contribution in [3.05, 3.63) is 139 Å². The van der Waals surface area contributed by atoms with E-state index in [1.54, 1.807) is 0 Å². The third kappa shape index (κ3) is 4.33. The van der Waals surface area contributed by atoms with Crippen LogP contribution in [0.4, 0.5) is 0 Å². The van der Waals surface area contributed by atoms with Gasteiger partial charge in [-0.3, -0.25) is 0 Å². The maximum Gasteiger partial charge on any atom is 0.226 e. The fraction of sp³-hybridized carbons (Fsp3) is 0. The first-order valence-electron chi connectivity index (χ1n) is 12.8. The molecule has 0 atom stereocenters. The van der Waals surface area contributed by atoms with Gasteiger partial charge in [0.1, 0.15) is 0 Å². The van der Waals surface area contributed by atoms with E-state index in [0.29, 0.717) is 11.6 Å². The predicted molar refractivity (Wildman–Crippen MR) is 162 cm³/mol. The van der Waals surface area contributed by atoms with Crippen LogP contribution < -0.4 is 0 Å². The van der Waals surface area contributed by atoms with Gasteiger partial charge in [-0.05, 0) is 55.4 Å². The van der Waals surface area contributed by atoms with Gasteiger partial charge in [0.25, 0.3) is 0 Å². The Morgan fingerprint density at radius 3 is 1.67 bits per heavy atom. The third-order valence-electron chi connectivity index (χ3n) is 7.10. The third-order valence-corrected chi connectivity index (χ3v) is 7.27. The molecule has 0 spiro atoms. The highest BCUT2D eigenvalue weighted by molar-refractivity contribution is 6.28. The van der Waals surface area contributed by atoms with Gasteiger partial charge in [-0.1, -0.05) is 133 Å². The van der Waals surface area contributed by atoms with Crippen molar-refractivity contribution in [2.45, 2.75) is 0 Å². The number of aromatic nitrogens is 3. The van der Waals surface area contributed by atoms with Gasteiger partial charge in [0, 0.05) is 11.1 Å². The second-order valence-electron chi connectivity index (χ2n) is 9.43. The molecule has 0 aliphatic rings. The molecular formula is C35H22ClN3. The Kier molecular flexibility index (Phi) is 5.84. The van der Waals surface area contributed by atoms with Gasteiger partial charge in [0.15, 0.2) is 11.6 Å². The van der Waals surface area contributed by atoms with Gasteiger partial charge < -0.3 is 0 Å². The lowest BCUT2D eigenvalue weighted by Crippen LogP contribution is -1.98. The topological polar surface area (TPSA) is 38.7 Å². The molecule has 0 fully saturated rings. The minimum Gasteiger partial charge on any atom is -0.208 e. The highest BCUT2D eigenvalue weighted by atomic mass is 35.5.